The molecular weight excluding hydrogens is 295 g/mol. The van der Waals surface area contributed by atoms with Crippen molar-refractivity contribution in [2.45, 2.75) is 12.5 Å². The summed E-state index contributed by atoms with van der Waals surface area (Å²) in [5.41, 5.74) is 9.07. The Morgan fingerprint density at radius 1 is 1.30 bits per heavy atom. The first-order chi connectivity index (χ1) is 9.63. The number of benzene rings is 1. The summed E-state index contributed by atoms with van der Waals surface area (Å²) in [5.74, 6) is -0.411. The van der Waals surface area contributed by atoms with E-state index in [0.29, 0.717) is 6.42 Å². The minimum absolute atomic E-state index is 0.126. The average Bonchev–Trinajstić information content (AvgIpc) is 2.90. The molecule has 0 saturated carbocycles. The monoisotopic (exact) mass is 306 g/mol. The lowest BCUT2D eigenvalue weighted by molar-refractivity contribution is 0.626. The summed E-state index contributed by atoms with van der Waals surface area (Å²) in [6, 6.07) is 8.55. The Balaban J connectivity index is 1.84. The van der Waals surface area contributed by atoms with Crippen LogP contribution < -0.4 is 5.73 Å². The quantitative estimate of drug-likeness (QED) is 0.782. The molecule has 1 aromatic carbocycles. The summed E-state index contributed by atoms with van der Waals surface area (Å²) < 4.78 is 14.2. The first-order valence-corrected chi connectivity index (χ1v) is 7.42. The van der Waals surface area contributed by atoms with E-state index in [1.54, 1.807) is 29.7 Å². The van der Waals surface area contributed by atoms with Crippen molar-refractivity contribution in [2.24, 2.45) is 5.73 Å². The molecule has 1 unspecified atom stereocenters. The van der Waals surface area contributed by atoms with Crippen LogP contribution in [0.3, 0.4) is 0 Å². The highest BCUT2D eigenvalue weighted by molar-refractivity contribution is 7.17. The summed E-state index contributed by atoms with van der Waals surface area (Å²) in [6.07, 6.45) is 2.39. The second-order valence-corrected chi connectivity index (χ2v) is 5.99. The van der Waals surface area contributed by atoms with Crippen molar-refractivity contribution in [3.05, 3.63) is 63.9 Å². The number of halogens is 2. The van der Waals surface area contributed by atoms with Crippen LogP contribution in [0.2, 0.25) is 5.02 Å². The maximum Gasteiger partial charge on any atom is 0.141 e. The van der Waals surface area contributed by atoms with E-state index in [0.717, 1.165) is 21.3 Å². The summed E-state index contributed by atoms with van der Waals surface area (Å²) in [5, 5.41) is 2.13. The minimum atomic E-state index is -0.411. The van der Waals surface area contributed by atoms with Crippen LogP contribution in [-0.2, 0) is 6.42 Å². The SMILES string of the molecule is NC(Cc1ccc(F)c(Cl)c1)c1cnc2ccsc2c1. The molecule has 1 atom stereocenters. The molecular formula is C15H12ClFN2S. The van der Waals surface area contributed by atoms with Gasteiger partial charge in [-0.1, -0.05) is 17.7 Å². The van der Waals surface area contributed by atoms with Crippen molar-refractivity contribution in [3.8, 4) is 0 Å². The number of pyridine rings is 1. The van der Waals surface area contributed by atoms with Gasteiger partial charge in [0.1, 0.15) is 5.82 Å². The Hall–Kier alpha value is -1.49. The van der Waals surface area contributed by atoms with Crippen LogP contribution in [0.1, 0.15) is 17.2 Å². The predicted octanol–water partition coefficient (Wildman–Crippen LogP) is 4.33. The molecule has 2 N–H and O–H groups in total. The Morgan fingerprint density at radius 3 is 2.95 bits per heavy atom. The van der Waals surface area contributed by atoms with Crippen LogP contribution in [0, 0.1) is 5.82 Å². The molecule has 0 saturated heterocycles. The van der Waals surface area contributed by atoms with E-state index in [1.807, 2.05) is 11.4 Å². The van der Waals surface area contributed by atoms with E-state index in [-0.39, 0.29) is 11.1 Å². The van der Waals surface area contributed by atoms with E-state index >= 15 is 0 Å². The van der Waals surface area contributed by atoms with Gasteiger partial charge in [-0.2, -0.15) is 0 Å². The number of fused-ring (bicyclic) bond motifs is 1. The maximum absolute atomic E-state index is 13.1. The minimum Gasteiger partial charge on any atom is -0.324 e. The number of hydrogen-bond acceptors (Lipinski definition) is 3. The highest BCUT2D eigenvalue weighted by Crippen LogP contribution is 2.24. The van der Waals surface area contributed by atoms with Gasteiger partial charge in [0.15, 0.2) is 0 Å². The third-order valence-electron chi connectivity index (χ3n) is 3.19. The summed E-state index contributed by atoms with van der Waals surface area (Å²) >= 11 is 7.42. The summed E-state index contributed by atoms with van der Waals surface area (Å²) in [6.45, 7) is 0. The molecule has 3 rings (SSSR count). The lowest BCUT2D eigenvalue weighted by atomic mass is 10.0. The van der Waals surface area contributed by atoms with Crippen molar-refractivity contribution in [3.63, 3.8) is 0 Å². The van der Waals surface area contributed by atoms with Gasteiger partial charge in [0, 0.05) is 12.2 Å². The molecule has 0 radical (unpaired) electrons. The highest BCUT2D eigenvalue weighted by Gasteiger charge is 2.10. The largest absolute Gasteiger partial charge is 0.324 e. The summed E-state index contributed by atoms with van der Waals surface area (Å²) in [4.78, 5) is 4.38. The molecule has 0 aliphatic rings. The van der Waals surface area contributed by atoms with Gasteiger partial charge in [-0.3, -0.25) is 4.98 Å². The first kappa shape index (κ1) is 13.5. The number of hydrogen-bond donors (Lipinski definition) is 1. The molecule has 0 amide bonds. The van der Waals surface area contributed by atoms with Crippen LogP contribution in [0.25, 0.3) is 10.2 Å². The first-order valence-electron chi connectivity index (χ1n) is 6.16. The molecule has 3 aromatic rings. The molecule has 20 heavy (non-hydrogen) atoms. The number of nitrogens with two attached hydrogens (primary N) is 1. The third-order valence-corrected chi connectivity index (χ3v) is 4.33. The van der Waals surface area contributed by atoms with E-state index < -0.39 is 5.82 Å². The topological polar surface area (TPSA) is 38.9 Å². The van der Waals surface area contributed by atoms with Crippen molar-refractivity contribution in [1.82, 2.24) is 4.98 Å². The van der Waals surface area contributed by atoms with Gasteiger partial charge in [0.05, 0.1) is 15.2 Å². The summed E-state index contributed by atoms with van der Waals surface area (Å²) in [7, 11) is 0. The number of nitrogens with zero attached hydrogens (tertiary/aromatic N) is 1. The van der Waals surface area contributed by atoms with Gasteiger partial charge in [0.25, 0.3) is 0 Å². The number of aromatic nitrogens is 1. The van der Waals surface area contributed by atoms with Gasteiger partial charge >= 0.3 is 0 Å². The Labute approximate surface area is 125 Å². The number of thiophene rings is 1. The zero-order valence-corrected chi connectivity index (χ0v) is 12.1. The molecule has 5 heteroatoms. The molecule has 0 fully saturated rings. The second-order valence-electron chi connectivity index (χ2n) is 4.63. The molecule has 2 nitrogen and oxygen atoms in total. The van der Waals surface area contributed by atoms with Gasteiger partial charge in [-0.15, -0.1) is 11.3 Å². The Kier molecular flexibility index (Phi) is 3.70. The zero-order valence-electron chi connectivity index (χ0n) is 10.5. The normalized spacial score (nSPS) is 12.8. The third kappa shape index (κ3) is 2.68. The van der Waals surface area contributed by atoms with Gasteiger partial charge < -0.3 is 5.73 Å². The molecule has 0 aliphatic carbocycles. The van der Waals surface area contributed by atoms with Crippen LogP contribution in [0.15, 0.2) is 41.9 Å². The maximum atomic E-state index is 13.1. The van der Waals surface area contributed by atoms with E-state index in [9.17, 15) is 4.39 Å². The van der Waals surface area contributed by atoms with E-state index in [4.69, 9.17) is 17.3 Å². The van der Waals surface area contributed by atoms with Crippen molar-refractivity contribution in [1.29, 1.82) is 0 Å². The van der Waals surface area contributed by atoms with Gasteiger partial charge in [-0.05, 0) is 47.2 Å². The predicted molar refractivity (Wildman–Crippen MR) is 81.7 cm³/mol. The lowest BCUT2D eigenvalue weighted by Gasteiger charge is -2.12. The number of rotatable bonds is 3. The molecule has 0 bridgehead atoms. The fraction of sp³-hybridized carbons (Fsp3) is 0.133. The Morgan fingerprint density at radius 2 is 2.15 bits per heavy atom. The fourth-order valence-corrected chi connectivity index (χ4v) is 3.10. The molecule has 102 valence electrons. The zero-order chi connectivity index (χ0) is 14.1. The standard InChI is InChI=1S/C15H12ClFN2S/c16-11-5-9(1-2-12(11)17)6-13(18)10-7-15-14(19-8-10)3-4-20-15/h1-5,7-8,13H,6,18H2. The van der Waals surface area contributed by atoms with E-state index in [1.165, 1.54) is 6.07 Å². The average molecular weight is 307 g/mol. The van der Waals surface area contributed by atoms with Crippen molar-refractivity contribution < 1.29 is 4.39 Å². The molecule has 2 aromatic heterocycles. The van der Waals surface area contributed by atoms with Crippen LogP contribution in [0.5, 0.6) is 0 Å². The molecule has 2 heterocycles. The highest BCUT2D eigenvalue weighted by atomic mass is 35.5. The van der Waals surface area contributed by atoms with E-state index in [2.05, 4.69) is 11.1 Å². The lowest BCUT2D eigenvalue weighted by Crippen LogP contribution is -2.13. The van der Waals surface area contributed by atoms with Crippen molar-refractivity contribution >= 4 is 33.2 Å². The fourth-order valence-electron chi connectivity index (χ4n) is 2.10. The van der Waals surface area contributed by atoms with Crippen LogP contribution >= 0.6 is 22.9 Å². The Bertz CT molecular complexity index is 756. The van der Waals surface area contributed by atoms with Gasteiger partial charge in [0.2, 0.25) is 0 Å². The van der Waals surface area contributed by atoms with Gasteiger partial charge in [-0.25, -0.2) is 4.39 Å². The smallest absolute Gasteiger partial charge is 0.141 e. The second kappa shape index (κ2) is 5.48. The van der Waals surface area contributed by atoms with Crippen molar-refractivity contribution in [2.75, 3.05) is 0 Å². The van der Waals surface area contributed by atoms with Crippen LogP contribution in [0.4, 0.5) is 4.39 Å². The molecule has 0 aliphatic heterocycles. The van der Waals surface area contributed by atoms with Crippen LogP contribution in [-0.4, -0.2) is 4.98 Å². The molecule has 0 spiro atoms.